The molecule has 0 saturated carbocycles. The Balaban J connectivity index is 1.88. The van der Waals surface area contributed by atoms with Gasteiger partial charge in [-0.15, -0.1) is 0 Å². The van der Waals surface area contributed by atoms with E-state index < -0.39 is 0 Å². The van der Waals surface area contributed by atoms with Crippen molar-refractivity contribution in [2.45, 2.75) is 45.6 Å². The van der Waals surface area contributed by atoms with Gasteiger partial charge in [0.1, 0.15) is 0 Å². The minimum Gasteiger partial charge on any atom is -0.493 e. The third-order valence-electron chi connectivity index (χ3n) is 5.44. The molecule has 0 bridgehead atoms. The average molecular weight is 367 g/mol. The zero-order valence-electron chi connectivity index (χ0n) is 17.1. The Labute approximate surface area is 162 Å². The van der Waals surface area contributed by atoms with Crippen LogP contribution in [0.15, 0.2) is 36.4 Å². The van der Waals surface area contributed by atoms with Crippen LogP contribution in [0.25, 0.3) is 0 Å². The van der Waals surface area contributed by atoms with Crippen LogP contribution in [-0.4, -0.2) is 31.6 Å². The van der Waals surface area contributed by atoms with E-state index in [0.717, 1.165) is 23.3 Å². The first-order chi connectivity index (χ1) is 12.8. The second-order valence-electron chi connectivity index (χ2n) is 8.16. The summed E-state index contributed by atoms with van der Waals surface area (Å²) >= 11 is 0. The normalized spacial score (nSPS) is 16.7. The summed E-state index contributed by atoms with van der Waals surface area (Å²) in [5.41, 5.74) is 4.38. The quantitative estimate of drug-likeness (QED) is 0.785. The summed E-state index contributed by atoms with van der Waals surface area (Å²) in [6.07, 6.45) is 0.811. The largest absolute Gasteiger partial charge is 0.493 e. The molecule has 4 nitrogen and oxygen atoms in total. The Hall–Kier alpha value is -2.49. The summed E-state index contributed by atoms with van der Waals surface area (Å²) in [5.74, 6) is 1.51. The molecule has 3 rings (SSSR count). The van der Waals surface area contributed by atoms with Gasteiger partial charge in [0.25, 0.3) is 5.91 Å². The average Bonchev–Trinajstić information content (AvgIpc) is 2.66. The number of carbonyl (C=O) groups is 1. The van der Waals surface area contributed by atoms with Gasteiger partial charge in [0.05, 0.1) is 20.3 Å². The number of benzene rings is 2. The third kappa shape index (κ3) is 3.66. The number of hydrogen-bond donors (Lipinski definition) is 0. The van der Waals surface area contributed by atoms with Gasteiger partial charge in [0.15, 0.2) is 11.5 Å². The first-order valence-corrected chi connectivity index (χ1v) is 9.42. The van der Waals surface area contributed by atoms with Crippen molar-refractivity contribution < 1.29 is 14.3 Å². The fourth-order valence-corrected chi connectivity index (χ4v) is 3.70. The van der Waals surface area contributed by atoms with Crippen molar-refractivity contribution in [3.8, 4) is 11.5 Å². The van der Waals surface area contributed by atoms with Gasteiger partial charge in [-0.3, -0.25) is 4.79 Å². The first kappa shape index (κ1) is 19.3. The number of hydrogen-bond acceptors (Lipinski definition) is 3. The first-order valence-electron chi connectivity index (χ1n) is 9.42. The van der Waals surface area contributed by atoms with Crippen LogP contribution in [0.1, 0.15) is 60.8 Å². The lowest BCUT2D eigenvalue weighted by Gasteiger charge is -2.36. The van der Waals surface area contributed by atoms with Crippen molar-refractivity contribution in [3.63, 3.8) is 0 Å². The Morgan fingerprint density at radius 2 is 1.63 bits per heavy atom. The summed E-state index contributed by atoms with van der Waals surface area (Å²) in [4.78, 5) is 15.1. The van der Waals surface area contributed by atoms with Gasteiger partial charge in [-0.1, -0.05) is 32.9 Å². The molecule has 0 fully saturated rings. The van der Waals surface area contributed by atoms with Gasteiger partial charge in [0.2, 0.25) is 0 Å². The standard InChI is InChI=1S/C23H29NO3/c1-15-19-14-21(27-6)20(26-5)13-17(19)11-12-24(15)22(25)16-7-9-18(10-8-16)23(2,3)4/h7-10,13-15H,11-12H2,1-6H3. The molecule has 4 heteroatoms. The van der Waals surface area contributed by atoms with E-state index in [9.17, 15) is 4.79 Å². The van der Waals surface area contributed by atoms with Gasteiger partial charge >= 0.3 is 0 Å². The van der Waals surface area contributed by atoms with E-state index in [0.29, 0.717) is 12.3 Å². The van der Waals surface area contributed by atoms with Gasteiger partial charge in [-0.25, -0.2) is 0 Å². The minimum absolute atomic E-state index is 0.0108. The van der Waals surface area contributed by atoms with Crippen LogP contribution in [-0.2, 0) is 11.8 Å². The van der Waals surface area contributed by atoms with E-state index in [1.807, 2.05) is 29.2 Å². The smallest absolute Gasteiger partial charge is 0.254 e. The number of nitrogens with zero attached hydrogens (tertiary/aromatic N) is 1. The van der Waals surface area contributed by atoms with Crippen LogP contribution in [0.2, 0.25) is 0 Å². The summed E-state index contributed by atoms with van der Waals surface area (Å²) in [7, 11) is 3.28. The monoisotopic (exact) mass is 367 g/mol. The maximum atomic E-state index is 13.1. The highest BCUT2D eigenvalue weighted by molar-refractivity contribution is 5.94. The fraction of sp³-hybridized carbons (Fsp3) is 0.435. The van der Waals surface area contributed by atoms with E-state index in [1.54, 1.807) is 14.2 Å². The zero-order chi connectivity index (χ0) is 19.8. The SMILES string of the molecule is COc1cc2c(cc1OC)C(C)N(C(=O)c1ccc(C(C)(C)C)cc1)CC2. The van der Waals surface area contributed by atoms with E-state index >= 15 is 0 Å². The predicted molar refractivity (Wildman–Crippen MR) is 108 cm³/mol. The Bertz CT molecular complexity index is 834. The number of amides is 1. The Morgan fingerprint density at radius 3 is 2.19 bits per heavy atom. The summed E-state index contributed by atoms with van der Waals surface area (Å²) in [6.45, 7) is 9.30. The third-order valence-corrected chi connectivity index (χ3v) is 5.44. The molecular weight excluding hydrogens is 338 g/mol. The lowest BCUT2D eigenvalue weighted by molar-refractivity contribution is 0.0677. The molecule has 144 valence electrons. The molecule has 0 aromatic heterocycles. The topological polar surface area (TPSA) is 38.8 Å². The van der Waals surface area contributed by atoms with E-state index in [1.165, 1.54) is 11.1 Å². The van der Waals surface area contributed by atoms with Crippen molar-refractivity contribution in [2.24, 2.45) is 0 Å². The highest BCUT2D eigenvalue weighted by Gasteiger charge is 2.30. The van der Waals surface area contributed by atoms with Gasteiger partial charge in [-0.2, -0.15) is 0 Å². The van der Waals surface area contributed by atoms with Crippen molar-refractivity contribution in [2.75, 3.05) is 20.8 Å². The zero-order valence-corrected chi connectivity index (χ0v) is 17.1. The molecule has 1 aliphatic heterocycles. The minimum atomic E-state index is -0.0108. The van der Waals surface area contributed by atoms with Crippen LogP contribution in [0.5, 0.6) is 11.5 Å². The summed E-state index contributed by atoms with van der Waals surface area (Å²) < 4.78 is 10.9. The molecule has 1 heterocycles. The van der Waals surface area contributed by atoms with Gasteiger partial charge in [-0.05, 0) is 59.7 Å². The maximum absolute atomic E-state index is 13.1. The van der Waals surface area contributed by atoms with Crippen LogP contribution in [0.4, 0.5) is 0 Å². The predicted octanol–water partition coefficient (Wildman–Crippen LogP) is 4.76. The molecule has 27 heavy (non-hydrogen) atoms. The Morgan fingerprint density at radius 1 is 1.04 bits per heavy atom. The van der Waals surface area contributed by atoms with E-state index in [2.05, 4.69) is 39.8 Å². The highest BCUT2D eigenvalue weighted by Crippen LogP contribution is 2.38. The number of fused-ring (bicyclic) bond motifs is 1. The molecule has 0 radical (unpaired) electrons. The van der Waals surface area contributed by atoms with Crippen LogP contribution < -0.4 is 9.47 Å². The summed E-state index contributed by atoms with van der Waals surface area (Å²) in [5, 5.41) is 0. The molecular formula is C23H29NO3. The van der Waals surface area contributed by atoms with Crippen molar-refractivity contribution in [3.05, 3.63) is 58.7 Å². The lowest BCUT2D eigenvalue weighted by Crippen LogP contribution is -2.38. The van der Waals surface area contributed by atoms with E-state index in [4.69, 9.17) is 9.47 Å². The maximum Gasteiger partial charge on any atom is 0.254 e. The molecule has 1 atom stereocenters. The number of rotatable bonds is 3. The van der Waals surface area contributed by atoms with Crippen LogP contribution >= 0.6 is 0 Å². The lowest BCUT2D eigenvalue weighted by atomic mass is 9.86. The molecule has 2 aromatic rings. The second kappa shape index (κ2) is 7.26. The van der Waals surface area contributed by atoms with Gasteiger partial charge < -0.3 is 14.4 Å². The Kier molecular flexibility index (Phi) is 5.18. The van der Waals surface area contributed by atoms with E-state index in [-0.39, 0.29) is 17.4 Å². The number of carbonyl (C=O) groups excluding carboxylic acids is 1. The molecule has 2 aromatic carbocycles. The van der Waals surface area contributed by atoms with Crippen molar-refractivity contribution in [1.29, 1.82) is 0 Å². The molecule has 0 spiro atoms. The molecule has 0 saturated heterocycles. The molecule has 0 aliphatic carbocycles. The molecule has 1 aliphatic rings. The highest BCUT2D eigenvalue weighted by atomic mass is 16.5. The van der Waals surface area contributed by atoms with Crippen molar-refractivity contribution in [1.82, 2.24) is 4.90 Å². The van der Waals surface area contributed by atoms with Gasteiger partial charge in [0, 0.05) is 12.1 Å². The molecule has 1 amide bonds. The fourth-order valence-electron chi connectivity index (χ4n) is 3.70. The van der Waals surface area contributed by atoms with Crippen LogP contribution in [0.3, 0.4) is 0 Å². The molecule has 0 N–H and O–H groups in total. The summed E-state index contributed by atoms with van der Waals surface area (Å²) in [6, 6.07) is 12.0. The number of methoxy groups -OCH3 is 2. The van der Waals surface area contributed by atoms with Crippen molar-refractivity contribution >= 4 is 5.91 Å². The van der Waals surface area contributed by atoms with Crippen LogP contribution in [0, 0.1) is 0 Å². The number of ether oxygens (including phenoxy) is 2. The second-order valence-corrected chi connectivity index (χ2v) is 8.16. The molecule has 1 unspecified atom stereocenters.